The van der Waals surface area contributed by atoms with E-state index in [9.17, 15) is 9.59 Å². The van der Waals surface area contributed by atoms with Crippen molar-refractivity contribution in [2.45, 2.75) is 52.9 Å². The third-order valence-electron chi connectivity index (χ3n) is 1.50. The summed E-state index contributed by atoms with van der Waals surface area (Å²) in [6, 6.07) is 0. The number of carboxylic acid groups (broad SMARTS) is 1. The first-order chi connectivity index (χ1) is 7.04. The van der Waals surface area contributed by atoms with Gasteiger partial charge in [0.15, 0.2) is 0 Å². The lowest BCUT2D eigenvalue weighted by Gasteiger charge is -1.93. The van der Waals surface area contributed by atoms with Crippen LogP contribution in [0.15, 0.2) is 0 Å². The fourth-order valence-corrected chi connectivity index (χ4v) is 0.772. The zero-order chi connectivity index (χ0) is 12.1. The average Bonchev–Trinajstić information content (AvgIpc) is 2.15. The molecule has 0 aromatic heterocycles. The predicted octanol–water partition coefficient (Wildman–Crippen LogP) is 2.61. The van der Waals surface area contributed by atoms with Crippen LogP contribution in [-0.2, 0) is 14.3 Å². The Hall–Kier alpha value is -1.06. The summed E-state index contributed by atoms with van der Waals surface area (Å²) in [4.78, 5) is 19.9. The summed E-state index contributed by atoms with van der Waals surface area (Å²) in [5.74, 6) is -0.875. The van der Waals surface area contributed by atoms with Crippen LogP contribution < -0.4 is 0 Å². The molecule has 0 aliphatic rings. The number of esters is 1. The van der Waals surface area contributed by atoms with Crippen LogP contribution in [0.3, 0.4) is 0 Å². The van der Waals surface area contributed by atoms with Crippen LogP contribution in [0.4, 0.5) is 0 Å². The molecule has 4 heteroatoms. The van der Waals surface area contributed by atoms with Crippen LogP contribution >= 0.6 is 0 Å². The van der Waals surface area contributed by atoms with Gasteiger partial charge in [-0.3, -0.25) is 9.59 Å². The minimum absolute atomic E-state index is 0.193. The quantitative estimate of drug-likeness (QED) is 0.550. The molecule has 0 aliphatic heterocycles. The van der Waals surface area contributed by atoms with E-state index in [0.717, 1.165) is 25.7 Å². The second kappa shape index (κ2) is 12.9. The normalized spacial score (nSPS) is 8.73. The molecular formula is C11H22O4. The standard InChI is InChI=1S/C6H12O2.C5H10O2/c1-2-3-4-5-6(7)8;1-3-4-7-5(2)6/h2-5H2,1H3,(H,7,8);3-4H2,1-2H3. The lowest BCUT2D eigenvalue weighted by molar-refractivity contribution is -0.141. The maximum Gasteiger partial charge on any atom is 0.303 e. The van der Waals surface area contributed by atoms with Crippen LogP contribution in [0.5, 0.6) is 0 Å². The molecule has 1 N–H and O–H groups in total. The third kappa shape index (κ3) is 24.6. The second-order valence-corrected chi connectivity index (χ2v) is 3.19. The Morgan fingerprint density at radius 2 is 1.73 bits per heavy atom. The number of hydrogen-bond acceptors (Lipinski definition) is 3. The molecule has 0 bridgehead atoms. The molecule has 90 valence electrons. The van der Waals surface area contributed by atoms with E-state index in [2.05, 4.69) is 11.7 Å². The molecule has 0 rings (SSSR count). The number of carbonyl (C=O) groups is 2. The van der Waals surface area contributed by atoms with Gasteiger partial charge in [-0.15, -0.1) is 0 Å². The molecule has 0 saturated carbocycles. The van der Waals surface area contributed by atoms with Crippen LogP contribution in [-0.4, -0.2) is 23.7 Å². The lowest BCUT2D eigenvalue weighted by atomic mass is 10.2. The molecule has 0 saturated heterocycles. The van der Waals surface area contributed by atoms with Gasteiger partial charge in [0.2, 0.25) is 0 Å². The Labute approximate surface area is 91.6 Å². The van der Waals surface area contributed by atoms with Crippen molar-refractivity contribution in [3.8, 4) is 0 Å². The van der Waals surface area contributed by atoms with E-state index < -0.39 is 5.97 Å². The first-order valence-electron chi connectivity index (χ1n) is 5.39. The van der Waals surface area contributed by atoms with Crippen LogP contribution in [0.1, 0.15) is 52.9 Å². The molecule has 0 amide bonds. The topological polar surface area (TPSA) is 63.6 Å². The van der Waals surface area contributed by atoms with E-state index in [1.54, 1.807) is 0 Å². The monoisotopic (exact) mass is 218 g/mol. The number of carboxylic acids is 1. The summed E-state index contributed by atoms with van der Waals surface area (Å²) < 4.78 is 4.55. The number of ether oxygens (including phenoxy) is 1. The zero-order valence-electron chi connectivity index (χ0n) is 9.91. The van der Waals surface area contributed by atoms with E-state index >= 15 is 0 Å². The highest BCUT2D eigenvalue weighted by Gasteiger charge is 1.92. The fourth-order valence-electron chi connectivity index (χ4n) is 0.772. The van der Waals surface area contributed by atoms with Crippen molar-refractivity contribution in [3.63, 3.8) is 0 Å². The van der Waals surface area contributed by atoms with E-state index in [1.165, 1.54) is 6.92 Å². The van der Waals surface area contributed by atoms with Gasteiger partial charge in [0.1, 0.15) is 0 Å². The van der Waals surface area contributed by atoms with Gasteiger partial charge in [0.25, 0.3) is 0 Å². The summed E-state index contributed by atoms with van der Waals surface area (Å²) in [7, 11) is 0. The van der Waals surface area contributed by atoms with E-state index in [0.29, 0.717) is 13.0 Å². The predicted molar refractivity (Wildman–Crippen MR) is 58.7 cm³/mol. The Kier molecular flexibility index (Phi) is 14.1. The third-order valence-corrected chi connectivity index (χ3v) is 1.50. The number of aliphatic carboxylic acids is 1. The number of hydrogen-bond donors (Lipinski definition) is 1. The molecule has 15 heavy (non-hydrogen) atoms. The van der Waals surface area contributed by atoms with Gasteiger partial charge in [-0.25, -0.2) is 0 Å². The van der Waals surface area contributed by atoms with E-state index in [-0.39, 0.29) is 5.97 Å². The maximum atomic E-state index is 9.98. The second-order valence-electron chi connectivity index (χ2n) is 3.19. The molecule has 0 spiro atoms. The summed E-state index contributed by atoms with van der Waals surface area (Å²) >= 11 is 0. The first kappa shape index (κ1) is 16.4. The fraction of sp³-hybridized carbons (Fsp3) is 0.818. The van der Waals surface area contributed by atoms with Gasteiger partial charge >= 0.3 is 11.9 Å². The lowest BCUT2D eigenvalue weighted by Crippen LogP contribution is -1.98. The van der Waals surface area contributed by atoms with Crippen molar-refractivity contribution < 1.29 is 19.4 Å². The van der Waals surface area contributed by atoms with Crippen molar-refractivity contribution in [1.29, 1.82) is 0 Å². The molecule has 0 unspecified atom stereocenters. The Bertz CT molecular complexity index is 166. The number of unbranched alkanes of at least 4 members (excludes halogenated alkanes) is 2. The van der Waals surface area contributed by atoms with Crippen molar-refractivity contribution in [3.05, 3.63) is 0 Å². The largest absolute Gasteiger partial charge is 0.481 e. The van der Waals surface area contributed by atoms with Gasteiger partial charge in [-0.05, 0) is 12.8 Å². The summed E-state index contributed by atoms with van der Waals surface area (Å²) in [6.07, 6.45) is 4.18. The van der Waals surface area contributed by atoms with Crippen molar-refractivity contribution in [2.75, 3.05) is 6.61 Å². The molecule has 4 nitrogen and oxygen atoms in total. The summed E-state index contributed by atoms with van der Waals surface area (Å²) in [5, 5.41) is 8.14. The van der Waals surface area contributed by atoms with E-state index in [1.807, 2.05) is 6.92 Å². The van der Waals surface area contributed by atoms with Crippen LogP contribution in [0, 0.1) is 0 Å². The Morgan fingerprint density at radius 3 is 2.00 bits per heavy atom. The highest BCUT2D eigenvalue weighted by atomic mass is 16.5. The van der Waals surface area contributed by atoms with Gasteiger partial charge in [-0.1, -0.05) is 26.7 Å². The molecule has 0 fully saturated rings. The summed E-state index contributed by atoms with van der Waals surface area (Å²) in [5.41, 5.74) is 0. The number of carbonyl (C=O) groups excluding carboxylic acids is 1. The molecule has 0 aliphatic carbocycles. The minimum atomic E-state index is -0.682. The van der Waals surface area contributed by atoms with Crippen molar-refractivity contribution in [2.24, 2.45) is 0 Å². The smallest absolute Gasteiger partial charge is 0.303 e. The molecular weight excluding hydrogens is 196 g/mol. The van der Waals surface area contributed by atoms with Gasteiger partial charge in [-0.2, -0.15) is 0 Å². The SMILES string of the molecule is CCCCCC(=O)O.CCCOC(C)=O. The highest BCUT2D eigenvalue weighted by Crippen LogP contribution is 1.97. The Morgan fingerprint density at radius 1 is 1.13 bits per heavy atom. The average molecular weight is 218 g/mol. The molecule has 0 atom stereocenters. The van der Waals surface area contributed by atoms with Crippen molar-refractivity contribution >= 4 is 11.9 Å². The summed E-state index contributed by atoms with van der Waals surface area (Å²) in [6.45, 7) is 5.98. The number of rotatable bonds is 6. The molecule has 0 aromatic carbocycles. The molecule has 0 aromatic rings. The van der Waals surface area contributed by atoms with Gasteiger partial charge < -0.3 is 9.84 Å². The first-order valence-corrected chi connectivity index (χ1v) is 5.39. The van der Waals surface area contributed by atoms with Gasteiger partial charge in [0.05, 0.1) is 6.61 Å². The molecule has 0 radical (unpaired) electrons. The van der Waals surface area contributed by atoms with Crippen LogP contribution in [0.25, 0.3) is 0 Å². The Balaban J connectivity index is 0. The molecule has 0 heterocycles. The zero-order valence-corrected chi connectivity index (χ0v) is 9.91. The van der Waals surface area contributed by atoms with Crippen molar-refractivity contribution in [1.82, 2.24) is 0 Å². The minimum Gasteiger partial charge on any atom is -0.481 e. The highest BCUT2D eigenvalue weighted by molar-refractivity contribution is 5.66. The van der Waals surface area contributed by atoms with E-state index in [4.69, 9.17) is 5.11 Å². The van der Waals surface area contributed by atoms with Crippen LogP contribution in [0.2, 0.25) is 0 Å². The maximum absolute atomic E-state index is 9.98. The van der Waals surface area contributed by atoms with Gasteiger partial charge in [0, 0.05) is 13.3 Å².